The molecule has 1 aromatic carbocycles. The zero-order valence-corrected chi connectivity index (χ0v) is 12.3. The van der Waals surface area contributed by atoms with Gasteiger partial charge in [0.25, 0.3) is 0 Å². The fourth-order valence-corrected chi connectivity index (χ4v) is 1.68. The molecular weight excluding hydrogens is 300 g/mol. The number of carboxylic acids is 1. The molecule has 0 aromatic heterocycles. The van der Waals surface area contributed by atoms with Crippen molar-refractivity contribution in [3.63, 3.8) is 0 Å². The van der Waals surface area contributed by atoms with E-state index < -0.39 is 12.0 Å². The molecule has 0 fully saturated rings. The maximum atomic E-state index is 11.6. The number of urea groups is 1. The molecule has 0 saturated carbocycles. The lowest BCUT2D eigenvalue weighted by Gasteiger charge is -2.09. The Morgan fingerprint density at radius 1 is 1.24 bits per heavy atom. The van der Waals surface area contributed by atoms with Gasteiger partial charge in [0, 0.05) is 24.4 Å². The van der Waals surface area contributed by atoms with Crippen molar-refractivity contribution in [1.29, 1.82) is 0 Å². The molecule has 0 bridgehead atoms. The van der Waals surface area contributed by atoms with Gasteiger partial charge < -0.3 is 25.2 Å². The summed E-state index contributed by atoms with van der Waals surface area (Å²) in [6.07, 6.45) is 0. The summed E-state index contributed by atoms with van der Waals surface area (Å²) in [6, 6.07) is 3.62. The number of aromatic carboxylic acids is 1. The number of ether oxygens (including phenoxy) is 2. The molecule has 0 spiro atoms. The minimum atomic E-state index is -1.12. The third-order valence-corrected chi connectivity index (χ3v) is 2.58. The van der Waals surface area contributed by atoms with Crippen molar-refractivity contribution < 1.29 is 24.2 Å². The number of hydrogen-bond acceptors (Lipinski definition) is 4. The molecule has 0 aliphatic carbocycles. The summed E-state index contributed by atoms with van der Waals surface area (Å²) in [7, 11) is 1.57. The van der Waals surface area contributed by atoms with E-state index in [0.29, 0.717) is 32.1 Å². The summed E-state index contributed by atoms with van der Waals surface area (Å²) < 4.78 is 9.98. The fraction of sp³-hybridized carbons (Fsp3) is 0.385. The fourth-order valence-electron chi connectivity index (χ4n) is 1.44. The monoisotopic (exact) mass is 316 g/mol. The van der Waals surface area contributed by atoms with E-state index in [4.69, 9.17) is 26.2 Å². The highest BCUT2D eigenvalue weighted by Gasteiger charge is 2.08. The first kappa shape index (κ1) is 17.2. The Bertz CT molecular complexity index is 495. The second-order valence-electron chi connectivity index (χ2n) is 4.02. The first-order valence-electron chi connectivity index (χ1n) is 6.18. The lowest BCUT2D eigenvalue weighted by Crippen LogP contribution is -2.31. The topological polar surface area (TPSA) is 96.9 Å². The second-order valence-corrected chi connectivity index (χ2v) is 4.46. The second kappa shape index (κ2) is 9.17. The third-order valence-electron chi connectivity index (χ3n) is 2.37. The standard InChI is InChI=1S/C13H17ClN2O5/c1-20-4-5-21-3-2-15-13(19)16-11-7-9(12(17)18)6-10(14)8-11/h6-8H,2-5H2,1H3,(H,17,18)(H2,15,16,19). The highest BCUT2D eigenvalue weighted by molar-refractivity contribution is 6.31. The van der Waals surface area contributed by atoms with Crippen LogP contribution < -0.4 is 10.6 Å². The molecule has 1 rings (SSSR count). The number of halogens is 1. The molecule has 7 nitrogen and oxygen atoms in total. The van der Waals surface area contributed by atoms with Crippen molar-refractivity contribution in [3.05, 3.63) is 28.8 Å². The molecule has 0 unspecified atom stereocenters. The Kier molecular flexibility index (Phi) is 7.52. The number of methoxy groups -OCH3 is 1. The van der Waals surface area contributed by atoms with Crippen LogP contribution in [0.25, 0.3) is 0 Å². The van der Waals surface area contributed by atoms with Crippen LogP contribution in [0.4, 0.5) is 10.5 Å². The van der Waals surface area contributed by atoms with Gasteiger partial charge in [-0.3, -0.25) is 0 Å². The Hall–Kier alpha value is -1.83. The molecule has 0 radical (unpaired) electrons. The molecule has 2 amide bonds. The maximum absolute atomic E-state index is 11.6. The summed E-state index contributed by atoms with van der Waals surface area (Å²) in [5.74, 6) is -1.12. The Labute approximate surface area is 127 Å². The quantitative estimate of drug-likeness (QED) is 0.636. The van der Waals surface area contributed by atoms with Crippen molar-refractivity contribution in [1.82, 2.24) is 5.32 Å². The van der Waals surface area contributed by atoms with Crippen LogP contribution in [0.1, 0.15) is 10.4 Å². The van der Waals surface area contributed by atoms with Crippen LogP contribution in [0.2, 0.25) is 5.02 Å². The number of rotatable bonds is 8. The average molecular weight is 317 g/mol. The summed E-state index contributed by atoms with van der Waals surface area (Å²) in [6.45, 7) is 1.62. The molecular formula is C13H17ClN2O5. The largest absolute Gasteiger partial charge is 0.478 e. The van der Waals surface area contributed by atoms with E-state index in [9.17, 15) is 9.59 Å². The van der Waals surface area contributed by atoms with Crippen molar-refractivity contribution in [2.45, 2.75) is 0 Å². The van der Waals surface area contributed by atoms with Gasteiger partial charge in [0.2, 0.25) is 0 Å². The number of carboxylic acid groups (broad SMARTS) is 1. The summed E-state index contributed by atoms with van der Waals surface area (Å²) >= 11 is 5.79. The molecule has 0 atom stereocenters. The number of nitrogens with one attached hydrogen (secondary N) is 2. The predicted octanol–water partition coefficient (Wildman–Crippen LogP) is 1.82. The van der Waals surface area contributed by atoms with Gasteiger partial charge in [-0.1, -0.05) is 11.6 Å². The Morgan fingerprint density at radius 3 is 2.67 bits per heavy atom. The molecule has 1 aromatic rings. The molecule has 8 heteroatoms. The van der Waals surface area contributed by atoms with Crippen molar-refractivity contribution in [2.75, 3.05) is 38.8 Å². The van der Waals surface area contributed by atoms with Gasteiger partial charge in [0.05, 0.1) is 25.4 Å². The Balaban J connectivity index is 2.39. The van der Waals surface area contributed by atoms with Gasteiger partial charge in [-0.15, -0.1) is 0 Å². The number of anilines is 1. The lowest BCUT2D eigenvalue weighted by molar-refractivity contribution is 0.0697. The summed E-state index contributed by atoms with van der Waals surface area (Å²) in [4.78, 5) is 22.5. The number of benzene rings is 1. The van der Waals surface area contributed by atoms with Gasteiger partial charge in [-0.2, -0.15) is 0 Å². The zero-order chi connectivity index (χ0) is 15.7. The van der Waals surface area contributed by atoms with Gasteiger partial charge in [0.15, 0.2) is 0 Å². The average Bonchev–Trinajstić information content (AvgIpc) is 2.42. The molecule has 3 N–H and O–H groups in total. The minimum absolute atomic E-state index is 0.000647. The highest BCUT2D eigenvalue weighted by Crippen LogP contribution is 2.19. The molecule has 0 heterocycles. The first-order valence-corrected chi connectivity index (χ1v) is 6.56. The van der Waals surface area contributed by atoms with Crippen LogP contribution >= 0.6 is 11.6 Å². The van der Waals surface area contributed by atoms with E-state index in [1.54, 1.807) is 7.11 Å². The van der Waals surface area contributed by atoms with Crippen LogP contribution in [-0.2, 0) is 9.47 Å². The van der Waals surface area contributed by atoms with Gasteiger partial charge >= 0.3 is 12.0 Å². The van der Waals surface area contributed by atoms with Crippen LogP contribution in [-0.4, -0.2) is 50.6 Å². The van der Waals surface area contributed by atoms with Gasteiger partial charge in [-0.05, 0) is 18.2 Å². The van der Waals surface area contributed by atoms with Crippen LogP contribution in [0.3, 0.4) is 0 Å². The number of carbonyl (C=O) groups excluding carboxylic acids is 1. The number of carbonyl (C=O) groups is 2. The lowest BCUT2D eigenvalue weighted by atomic mass is 10.2. The van der Waals surface area contributed by atoms with Gasteiger partial charge in [0.1, 0.15) is 0 Å². The summed E-state index contributed by atoms with van der Waals surface area (Å²) in [5, 5.41) is 14.2. The molecule has 0 saturated heterocycles. The van der Waals surface area contributed by atoms with E-state index >= 15 is 0 Å². The van der Waals surface area contributed by atoms with E-state index in [1.807, 2.05) is 0 Å². The normalized spacial score (nSPS) is 10.2. The number of amides is 2. The predicted molar refractivity (Wildman–Crippen MR) is 78.1 cm³/mol. The van der Waals surface area contributed by atoms with Crippen LogP contribution in [0.15, 0.2) is 18.2 Å². The minimum Gasteiger partial charge on any atom is -0.478 e. The third kappa shape index (κ3) is 6.94. The summed E-state index contributed by atoms with van der Waals surface area (Å²) in [5.41, 5.74) is 0.304. The Morgan fingerprint density at radius 2 is 2.00 bits per heavy atom. The molecule has 0 aliphatic heterocycles. The smallest absolute Gasteiger partial charge is 0.335 e. The zero-order valence-electron chi connectivity index (χ0n) is 11.5. The molecule has 21 heavy (non-hydrogen) atoms. The van der Waals surface area contributed by atoms with E-state index in [2.05, 4.69) is 10.6 Å². The SMILES string of the molecule is COCCOCCNC(=O)Nc1cc(Cl)cc(C(=O)O)c1. The van der Waals surface area contributed by atoms with Crippen molar-refractivity contribution in [3.8, 4) is 0 Å². The van der Waals surface area contributed by atoms with Crippen LogP contribution in [0.5, 0.6) is 0 Å². The highest BCUT2D eigenvalue weighted by atomic mass is 35.5. The molecule has 0 aliphatic rings. The van der Waals surface area contributed by atoms with Gasteiger partial charge in [-0.25, -0.2) is 9.59 Å². The van der Waals surface area contributed by atoms with E-state index in [1.165, 1.54) is 18.2 Å². The van der Waals surface area contributed by atoms with E-state index in [0.717, 1.165) is 0 Å². The van der Waals surface area contributed by atoms with E-state index in [-0.39, 0.29) is 10.6 Å². The first-order chi connectivity index (χ1) is 10.0. The van der Waals surface area contributed by atoms with Crippen LogP contribution in [0, 0.1) is 0 Å². The number of hydrogen-bond donors (Lipinski definition) is 3. The van der Waals surface area contributed by atoms with Crippen molar-refractivity contribution in [2.24, 2.45) is 0 Å². The molecule has 116 valence electrons. The van der Waals surface area contributed by atoms with Crippen molar-refractivity contribution >= 4 is 29.3 Å². The maximum Gasteiger partial charge on any atom is 0.335 e.